The molecule has 0 rings (SSSR count). The van der Waals surface area contributed by atoms with Crippen LogP contribution in [-0.4, -0.2) is 171 Å². The SMILES string of the molecule is [N-]=[N+]=NCCOCCOCCC(=O)NCCCC[C@H](NC(=O)[C@H](CCCCNC(=O)CCOCCOCCN=[N+]=[N-])NC(=O)CCCNC(=O)CCOCCOCCN=[N+]=[N-])C(=O)O. The molecule has 0 aromatic rings. The molecule has 0 heterocycles. The van der Waals surface area contributed by atoms with Crippen LogP contribution in [0.2, 0.25) is 0 Å². The van der Waals surface area contributed by atoms with E-state index < -0.39 is 29.9 Å². The maximum atomic E-state index is 13.4. The summed E-state index contributed by atoms with van der Waals surface area (Å²) in [6.45, 7) is 4.38. The van der Waals surface area contributed by atoms with Gasteiger partial charge in [0.1, 0.15) is 12.1 Å². The summed E-state index contributed by atoms with van der Waals surface area (Å²) in [5, 5.41) is 33.3. The van der Waals surface area contributed by atoms with Gasteiger partial charge < -0.3 is 60.1 Å². The molecule has 362 valence electrons. The summed E-state index contributed by atoms with van der Waals surface area (Å²) in [7, 11) is 0. The molecule has 0 aliphatic rings. The third-order valence-electron chi connectivity index (χ3n) is 8.39. The van der Waals surface area contributed by atoms with E-state index in [-0.39, 0.29) is 168 Å². The van der Waals surface area contributed by atoms with Crippen molar-refractivity contribution in [3.63, 3.8) is 0 Å². The van der Waals surface area contributed by atoms with E-state index in [1.807, 2.05) is 0 Å². The Morgan fingerprint density at radius 1 is 0.438 bits per heavy atom. The highest BCUT2D eigenvalue weighted by Gasteiger charge is 2.26. The number of azide groups is 3. The largest absolute Gasteiger partial charge is 0.480 e. The summed E-state index contributed by atoms with van der Waals surface area (Å²) in [6.07, 6.45) is 2.45. The van der Waals surface area contributed by atoms with Crippen LogP contribution in [0.25, 0.3) is 31.3 Å². The third-order valence-corrected chi connectivity index (χ3v) is 8.39. The smallest absolute Gasteiger partial charge is 0.326 e. The van der Waals surface area contributed by atoms with Crippen LogP contribution in [0.3, 0.4) is 0 Å². The van der Waals surface area contributed by atoms with Crippen molar-refractivity contribution in [2.24, 2.45) is 15.3 Å². The molecule has 0 unspecified atom stereocenters. The maximum absolute atomic E-state index is 13.4. The molecular weight excluding hydrogens is 848 g/mol. The van der Waals surface area contributed by atoms with E-state index in [0.29, 0.717) is 38.8 Å². The minimum absolute atomic E-state index is 0.0253. The first-order chi connectivity index (χ1) is 31.1. The molecule has 64 heavy (non-hydrogen) atoms. The van der Waals surface area contributed by atoms with Crippen LogP contribution < -0.4 is 26.6 Å². The first kappa shape index (κ1) is 58.5. The van der Waals surface area contributed by atoms with Crippen LogP contribution >= 0.6 is 0 Å². The number of unbranched alkanes of at least 4 members (excludes halogenated alkanes) is 2. The Kier molecular flexibility index (Phi) is 40.3. The zero-order valence-corrected chi connectivity index (χ0v) is 36.5. The molecule has 0 radical (unpaired) electrons. The number of hydrogen-bond donors (Lipinski definition) is 6. The van der Waals surface area contributed by atoms with E-state index in [2.05, 4.69) is 56.7 Å². The lowest BCUT2D eigenvalue weighted by Gasteiger charge is -2.22. The number of carbonyl (C=O) groups excluding carboxylic acids is 5. The van der Waals surface area contributed by atoms with Crippen molar-refractivity contribution in [1.29, 1.82) is 0 Å². The number of nitrogens with zero attached hydrogens (tertiary/aromatic N) is 9. The lowest BCUT2D eigenvalue weighted by molar-refractivity contribution is -0.142. The lowest BCUT2D eigenvalue weighted by atomic mass is 10.1. The quantitative estimate of drug-likeness (QED) is 0.0220. The van der Waals surface area contributed by atoms with Crippen molar-refractivity contribution in [3.8, 4) is 0 Å². The molecule has 0 aliphatic heterocycles. The average Bonchev–Trinajstić information content (AvgIpc) is 3.27. The van der Waals surface area contributed by atoms with Gasteiger partial charge in [0.15, 0.2) is 0 Å². The number of rotatable bonds is 45. The second-order valence-electron chi connectivity index (χ2n) is 13.5. The number of carbonyl (C=O) groups is 6. The van der Waals surface area contributed by atoms with E-state index in [0.717, 1.165) is 0 Å². The molecule has 0 aromatic carbocycles. The Morgan fingerprint density at radius 2 is 0.797 bits per heavy atom. The standard InChI is InChI=1S/C37H66N14O13/c38-49-44-15-21-62-27-24-59-18-9-32(52)41-12-3-1-6-30(47-35(55)8-5-14-43-34(54)11-20-61-26-29-64-23-17-46-51-40)36(56)48-31(37(57)58)7-2-4-13-42-33(53)10-19-60-25-28-63-22-16-45-50-39/h30-31H,1-29H2,(H,41,52)(H,42,53)(H,43,54)(H,47,55)(H,48,56)(H,57,58)/t30-,31-/m0/s1. The first-order valence-corrected chi connectivity index (χ1v) is 21.3. The van der Waals surface area contributed by atoms with Crippen LogP contribution in [0.5, 0.6) is 0 Å². The van der Waals surface area contributed by atoms with Gasteiger partial charge >= 0.3 is 5.97 Å². The fourth-order valence-electron chi connectivity index (χ4n) is 5.12. The average molecular weight is 915 g/mol. The van der Waals surface area contributed by atoms with Crippen molar-refractivity contribution >= 4 is 35.5 Å². The number of ether oxygens (including phenoxy) is 6. The van der Waals surface area contributed by atoms with Gasteiger partial charge in [-0.25, -0.2) is 4.79 Å². The summed E-state index contributed by atoms with van der Waals surface area (Å²) in [5.74, 6) is -3.19. The molecule has 27 heteroatoms. The van der Waals surface area contributed by atoms with Gasteiger partial charge in [0.05, 0.1) is 79.3 Å². The van der Waals surface area contributed by atoms with Gasteiger partial charge in [0.25, 0.3) is 0 Å². The lowest BCUT2D eigenvalue weighted by Crippen LogP contribution is -2.51. The molecule has 0 bridgehead atoms. The van der Waals surface area contributed by atoms with Gasteiger partial charge in [0.2, 0.25) is 29.5 Å². The van der Waals surface area contributed by atoms with Gasteiger partial charge in [-0.05, 0) is 61.5 Å². The predicted octanol–water partition coefficient (Wildman–Crippen LogP) is 1.71. The third kappa shape index (κ3) is 39.4. The predicted molar refractivity (Wildman–Crippen MR) is 228 cm³/mol. The molecule has 0 aromatic heterocycles. The van der Waals surface area contributed by atoms with Gasteiger partial charge in [-0.2, -0.15) is 0 Å². The zero-order chi connectivity index (χ0) is 47.1. The van der Waals surface area contributed by atoms with Gasteiger partial charge in [-0.3, -0.25) is 24.0 Å². The number of hydrogen-bond acceptors (Lipinski definition) is 15. The van der Waals surface area contributed by atoms with Crippen molar-refractivity contribution in [1.82, 2.24) is 26.6 Å². The first-order valence-electron chi connectivity index (χ1n) is 21.3. The zero-order valence-electron chi connectivity index (χ0n) is 36.5. The molecule has 27 nitrogen and oxygen atoms in total. The Morgan fingerprint density at radius 3 is 1.17 bits per heavy atom. The van der Waals surface area contributed by atoms with E-state index >= 15 is 0 Å². The number of carboxylic acids is 1. The van der Waals surface area contributed by atoms with Crippen LogP contribution in [0.1, 0.15) is 70.6 Å². The van der Waals surface area contributed by atoms with Crippen molar-refractivity contribution < 1.29 is 62.3 Å². The summed E-state index contributed by atoms with van der Waals surface area (Å²) in [4.78, 5) is 82.7. The Balaban J connectivity index is 4.82. The van der Waals surface area contributed by atoms with Crippen LogP contribution in [-0.2, 0) is 57.2 Å². The Hall–Kier alpha value is -5.49. The normalized spacial score (nSPS) is 11.4. The second-order valence-corrected chi connectivity index (χ2v) is 13.5. The van der Waals surface area contributed by atoms with E-state index in [9.17, 15) is 33.9 Å². The number of nitrogens with one attached hydrogen (secondary N) is 5. The Labute approximate surface area is 371 Å². The molecule has 6 N–H and O–H groups in total. The van der Waals surface area contributed by atoms with E-state index in [4.69, 9.17) is 45.0 Å². The van der Waals surface area contributed by atoms with Crippen LogP contribution in [0.4, 0.5) is 0 Å². The fraction of sp³-hybridized carbons (Fsp3) is 0.838. The summed E-state index contributed by atoms with van der Waals surface area (Å²) in [5.41, 5.74) is 24.7. The molecular formula is C37H66N14O13. The highest BCUT2D eigenvalue weighted by atomic mass is 16.5. The molecule has 0 spiro atoms. The molecule has 0 aliphatic carbocycles. The fourth-order valence-corrected chi connectivity index (χ4v) is 5.12. The minimum Gasteiger partial charge on any atom is -0.480 e. The summed E-state index contributed by atoms with van der Waals surface area (Å²) in [6, 6.07) is -2.33. The highest BCUT2D eigenvalue weighted by Crippen LogP contribution is 2.07. The molecule has 0 saturated heterocycles. The van der Waals surface area contributed by atoms with Crippen molar-refractivity contribution in [3.05, 3.63) is 31.3 Å². The van der Waals surface area contributed by atoms with Crippen molar-refractivity contribution in [2.45, 2.75) is 82.7 Å². The highest BCUT2D eigenvalue weighted by molar-refractivity contribution is 5.90. The van der Waals surface area contributed by atoms with Gasteiger partial charge in [-0.1, -0.05) is 15.3 Å². The molecule has 5 amide bonds. The number of carboxylic acid groups (broad SMARTS) is 1. The molecule has 0 fully saturated rings. The topological polar surface area (TPSA) is 384 Å². The molecule has 2 atom stereocenters. The summed E-state index contributed by atoms with van der Waals surface area (Å²) < 4.78 is 31.7. The minimum atomic E-state index is -1.26. The van der Waals surface area contributed by atoms with E-state index in [1.54, 1.807) is 0 Å². The van der Waals surface area contributed by atoms with Crippen LogP contribution in [0.15, 0.2) is 15.3 Å². The summed E-state index contributed by atoms with van der Waals surface area (Å²) >= 11 is 0. The van der Waals surface area contributed by atoms with Crippen LogP contribution in [0, 0.1) is 0 Å². The monoisotopic (exact) mass is 914 g/mol. The van der Waals surface area contributed by atoms with Gasteiger partial charge in [0, 0.05) is 79.7 Å². The number of aliphatic carboxylic acids is 1. The maximum Gasteiger partial charge on any atom is 0.326 e. The number of amides is 5. The van der Waals surface area contributed by atoms with Gasteiger partial charge in [-0.15, -0.1) is 0 Å². The van der Waals surface area contributed by atoms with E-state index in [1.165, 1.54) is 0 Å². The second kappa shape index (κ2) is 44.1. The Bertz CT molecular complexity index is 1460. The van der Waals surface area contributed by atoms with Crippen molar-refractivity contribution in [2.75, 3.05) is 119 Å². The molecule has 0 saturated carbocycles.